The Hall–Kier alpha value is -2.86. The number of carbonyl (C=O) groups excluding carboxylic acids is 1. The first-order valence-electron chi connectivity index (χ1n) is 10.2. The first kappa shape index (κ1) is 18.2. The molecule has 0 unspecified atom stereocenters. The van der Waals surface area contributed by atoms with Gasteiger partial charge in [0.15, 0.2) is 0 Å². The molecule has 0 aliphatic carbocycles. The Morgan fingerprint density at radius 1 is 1.14 bits per heavy atom. The highest BCUT2D eigenvalue weighted by molar-refractivity contribution is 5.94. The fourth-order valence-corrected chi connectivity index (χ4v) is 5.06. The van der Waals surface area contributed by atoms with Crippen LogP contribution in [0.1, 0.15) is 34.5 Å². The summed E-state index contributed by atoms with van der Waals surface area (Å²) < 4.78 is 5.09. The van der Waals surface area contributed by atoms with Crippen molar-refractivity contribution in [3.05, 3.63) is 59.4 Å². The molecular formula is C23H26N4O2. The number of piperidine rings is 1. The Bertz CT molecular complexity index is 1050. The van der Waals surface area contributed by atoms with Crippen LogP contribution in [0.3, 0.4) is 0 Å². The van der Waals surface area contributed by atoms with E-state index >= 15 is 0 Å². The molecule has 0 saturated carbocycles. The summed E-state index contributed by atoms with van der Waals surface area (Å²) in [5, 5.41) is 1.35. The van der Waals surface area contributed by atoms with Crippen molar-refractivity contribution in [3.8, 4) is 5.88 Å². The number of hydrogen-bond donors (Lipinski definition) is 1. The van der Waals surface area contributed by atoms with Crippen molar-refractivity contribution in [2.45, 2.75) is 24.8 Å². The molecular weight excluding hydrogens is 364 g/mol. The molecule has 1 fully saturated rings. The van der Waals surface area contributed by atoms with Crippen LogP contribution < -0.4 is 4.74 Å². The Morgan fingerprint density at radius 2 is 1.93 bits per heavy atom. The lowest BCUT2D eigenvalue weighted by Crippen LogP contribution is -2.55. The summed E-state index contributed by atoms with van der Waals surface area (Å²) in [6, 6.07) is 12.1. The van der Waals surface area contributed by atoms with Gasteiger partial charge in [0.25, 0.3) is 5.91 Å². The predicted molar refractivity (Wildman–Crippen MR) is 112 cm³/mol. The lowest BCUT2D eigenvalue weighted by Gasteiger charge is -2.49. The summed E-state index contributed by atoms with van der Waals surface area (Å²) in [5.74, 6) is 0.569. The van der Waals surface area contributed by atoms with E-state index < -0.39 is 0 Å². The minimum atomic E-state index is -0.0262. The van der Waals surface area contributed by atoms with Gasteiger partial charge in [-0.2, -0.15) is 0 Å². The van der Waals surface area contributed by atoms with Crippen molar-refractivity contribution >= 4 is 16.8 Å². The maximum Gasteiger partial charge on any atom is 0.255 e. The van der Waals surface area contributed by atoms with Crippen LogP contribution in [0.2, 0.25) is 0 Å². The van der Waals surface area contributed by atoms with Crippen LogP contribution in [-0.4, -0.2) is 59.5 Å². The summed E-state index contributed by atoms with van der Waals surface area (Å²) in [4.78, 5) is 25.3. The zero-order valence-electron chi connectivity index (χ0n) is 16.9. The summed E-state index contributed by atoms with van der Waals surface area (Å²) in [5.41, 5.74) is 4.62. The van der Waals surface area contributed by atoms with E-state index in [4.69, 9.17) is 4.74 Å². The lowest BCUT2D eigenvalue weighted by atomic mass is 9.78. The van der Waals surface area contributed by atoms with Crippen LogP contribution in [-0.2, 0) is 12.0 Å². The van der Waals surface area contributed by atoms with E-state index in [9.17, 15) is 4.79 Å². The van der Waals surface area contributed by atoms with Gasteiger partial charge < -0.3 is 14.6 Å². The number of benzene rings is 1. The topological polar surface area (TPSA) is 61.5 Å². The van der Waals surface area contributed by atoms with Crippen LogP contribution in [0.5, 0.6) is 5.88 Å². The third-order valence-electron chi connectivity index (χ3n) is 6.78. The smallest absolute Gasteiger partial charge is 0.255 e. The highest BCUT2D eigenvalue weighted by atomic mass is 16.5. The number of rotatable bonds is 2. The standard InChI is InChI=1S/C23H26N4O2/c1-26-12-9-18-17-5-3-4-6-19(17)25-21(18)23(26)10-13-27(14-11-23)22(28)16-7-8-20(29-2)24-15-16/h3-8,15,25H,9-14H2,1-2H3. The van der Waals surface area contributed by atoms with Crippen molar-refractivity contribution < 1.29 is 9.53 Å². The van der Waals surface area contributed by atoms with Crippen LogP contribution in [0.15, 0.2) is 42.6 Å². The molecule has 2 aromatic heterocycles. The fourth-order valence-electron chi connectivity index (χ4n) is 5.06. The van der Waals surface area contributed by atoms with E-state index in [1.807, 2.05) is 4.90 Å². The van der Waals surface area contributed by atoms with E-state index in [2.05, 4.69) is 46.2 Å². The number of nitrogens with zero attached hydrogens (tertiary/aromatic N) is 3. The molecule has 150 valence electrons. The number of para-hydroxylation sites is 1. The van der Waals surface area contributed by atoms with E-state index in [0.717, 1.165) is 38.9 Å². The molecule has 2 aliphatic rings. The van der Waals surface area contributed by atoms with E-state index in [1.165, 1.54) is 22.2 Å². The molecule has 5 rings (SSSR count). The molecule has 0 atom stereocenters. The zero-order valence-corrected chi connectivity index (χ0v) is 16.9. The van der Waals surface area contributed by atoms with Gasteiger partial charge in [0.05, 0.1) is 18.2 Å². The molecule has 2 aliphatic heterocycles. The number of hydrogen-bond acceptors (Lipinski definition) is 4. The molecule has 4 heterocycles. The number of likely N-dealkylation sites (tertiary alicyclic amines) is 1. The Balaban J connectivity index is 1.41. The van der Waals surface area contributed by atoms with Crippen LogP contribution >= 0.6 is 0 Å². The van der Waals surface area contributed by atoms with Gasteiger partial charge in [0.1, 0.15) is 0 Å². The first-order valence-corrected chi connectivity index (χ1v) is 10.2. The van der Waals surface area contributed by atoms with Crippen molar-refractivity contribution in [3.63, 3.8) is 0 Å². The number of amides is 1. The number of fused-ring (bicyclic) bond motifs is 4. The van der Waals surface area contributed by atoms with Crippen molar-refractivity contribution in [2.24, 2.45) is 0 Å². The minimum absolute atomic E-state index is 0.0262. The van der Waals surface area contributed by atoms with Gasteiger partial charge in [-0.3, -0.25) is 9.69 Å². The molecule has 1 saturated heterocycles. The molecule has 6 nitrogen and oxygen atoms in total. The summed E-state index contributed by atoms with van der Waals surface area (Å²) >= 11 is 0. The maximum absolute atomic E-state index is 13.0. The Labute approximate surface area is 170 Å². The molecule has 1 aromatic carbocycles. The van der Waals surface area contributed by atoms with Crippen LogP contribution in [0.25, 0.3) is 10.9 Å². The maximum atomic E-state index is 13.0. The number of methoxy groups -OCH3 is 1. The second-order valence-corrected chi connectivity index (χ2v) is 8.11. The molecule has 3 aromatic rings. The predicted octanol–water partition coefficient (Wildman–Crippen LogP) is 3.19. The minimum Gasteiger partial charge on any atom is -0.481 e. The van der Waals surface area contributed by atoms with E-state index in [1.54, 1.807) is 25.4 Å². The summed E-state index contributed by atoms with van der Waals surface area (Å²) in [6.45, 7) is 2.53. The highest BCUT2D eigenvalue weighted by Crippen LogP contribution is 2.44. The average Bonchev–Trinajstić information content (AvgIpc) is 3.16. The largest absolute Gasteiger partial charge is 0.481 e. The third-order valence-corrected chi connectivity index (χ3v) is 6.78. The molecule has 1 spiro atoms. The van der Waals surface area contributed by atoms with E-state index in [0.29, 0.717) is 11.4 Å². The van der Waals surface area contributed by atoms with Crippen molar-refractivity contribution in [2.75, 3.05) is 33.8 Å². The molecule has 1 N–H and O–H groups in total. The van der Waals surface area contributed by atoms with Gasteiger partial charge in [0, 0.05) is 48.5 Å². The number of aromatic amines is 1. The Morgan fingerprint density at radius 3 is 2.66 bits per heavy atom. The highest BCUT2D eigenvalue weighted by Gasteiger charge is 2.45. The first-order chi connectivity index (χ1) is 14.1. The number of nitrogens with one attached hydrogen (secondary N) is 1. The third kappa shape index (κ3) is 2.82. The summed E-state index contributed by atoms with van der Waals surface area (Å²) in [6.07, 6.45) is 4.53. The van der Waals surface area contributed by atoms with Gasteiger partial charge in [-0.15, -0.1) is 0 Å². The number of H-pyrrole nitrogens is 1. The van der Waals surface area contributed by atoms with Crippen LogP contribution in [0, 0.1) is 0 Å². The van der Waals surface area contributed by atoms with Gasteiger partial charge in [-0.25, -0.2) is 4.98 Å². The fraction of sp³-hybridized carbons (Fsp3) is 0.391. The molecule has 0 bridgehead atoms. The zero-order chi connectivity index (χ0) is 20.0. The molecule has 29 heavy (non-hydrogen) atoms. The van der Waals surface area contributed by atoms with Crippen LogP contribution in [0.4, 0.5) is 0 Å². The van der Waals surface area contributed by atoms with Gasteiger partial charge in [-0.1, -0.05) is 18.2 Å². The molecule has 1 amide bonds. The second kappa shape index (κ2) is 6.88. The Kier molecular flexibility index (Phi) is 4.32. The van der Waals surface area contributed by atoms with Gasteiger partial charge in [0.2, 0.25) is 5.88 Å². The SMILES string of the molecule is COc1ccc(C(=O)N2CCC3(CC2)c2[nH]c4ccccc4c2CCN3C)cn1. The number of carbonyl (C=O) groups is 1. The van der Waals surface area contributed by atoms with E-state index in [-0.39, 0.29) is 11.4 Å². The van der Waals surface area contributed by atoms with Crippen molar-refractivity contribution in [1.29, 1.82) is 0 Å². The second-order valence-electron chi connectivity index (χ2n) is 8.11. The number of likely N-dealkylation sites (N-methyl/N-ethyl adjacent to an activating group) is 1. The molecule has 0 radical (unpaired) electrons. The number of aromatic nitrogens is 2. The average molecular weight is 390 g/mol. The summed E-state index contributed by atoms with van der Waals surface area (Å²) in [7, 11) is 3.80. The van der Waals surface area contributed by atoms with Gasteiger partial charge in [-0.05, 0) is 44.0 Å². The normalized spacial score (nSPS) is 18.8. The quantitative estimate of drug-likeness (QED) is 0.730. The van der Waals surface area contributed by atoms with Crippen molar-refractivity contribution in [1.82, 2.24) is 19.8 Å². The number of pyridine rings is 1. The molecule has 6 heteroatoms. The lowest BCUT2D eigenvalue weighted by molar-refractivity contribution is 0.0231. The number of ether oxygens (including phenoxy) is 1. The monoisotopic (exact) mass is 390 g/mol. The van der Waals surface area contributed by atoms with Gasteiger partial charge >= 0.3 is 0 Å².